The van der Waals surface area contributed by atoms with Gasteiger partial charge in [0.05, 0.1) is 13.5 Å². The highest BCUT2D eigenvalue weighted by Gasteiger charge is 2.51. The lowest BCUT2D eigenvalue weighted by molar-refractivity contribution is -0.141. The van der Waals surface area contributed by atoms with Crippen molar-refractivity contribution in [3.05, 3.63) is 54.4 Å². The van der Waals surface area contributed by atoms with Gasteiger partial charge in [-0.25, -0.2) is 0 Å². The number of benzene rings is 1. The van der Waals surface area contributed by atoms with Crippen LogP contribution in [0.1, 0.15) is 12.0 Å². The van der Waals surface area contributed by atoms with Crippen molar-refractivity contribution in [3.8, 4) is 11.5 Å². The molecule has 1 amide bonds. The van der Waals surface area contributed by atoms with Crippen LogP contribution in [0.5, 0.6) is 11.5 Å². The Kier molecular flexibility index (Phi) is 5.22. The SMILES string of the molecule is COc1ccc(CC(=O)N2CC3(CC(COc4ccncc4)N(C)C3)C2)cc1. The normalized spacial score (nSPS) is 20.8. The van der Waals surface area contributed by atoms with Crippen LogP contribution in [-0.4, -0.2) is 67.1 Å². The first-order valence-electron chi connectivity index (χ1n) is 9.71. The number of amides is 1. The van der Waals surface area contributed by atoms with E-state index in [1.54, 1.807) is 19.5 Å². The van der Waals surface area contributed by atoms with E-state index >= 15 is 0 Å². The van der Waals surface area contributed by atoms with Crippen molar-refractivity contribution in [1.29, 1.82) is 0 Å². The van der Waals surface area contributed by atoms with Crippen molar-refractivity contribution in [3.63, 3.8) is 0 Å². The Balaban J connectivity index is 1.27. The minimum Gasteiger partial charge on any atom is -0.497 e. The third-order valence-corrected chi connectivity index (χ3v) is 5.89. The number of methoxy groups -OCH3 is 1. The molecule has 1 atom stereocenters. The maximum absolute atomic E-state index is 12.6. The molecule has 2 saturated heterocycles. The summed E-state index contributed by atoms with van der Waals surface area (Å²) in [6, 6.07) is 11.9. The fourth-order valence-corrected chi connectivity index (χ4v) is 4.39. The monoisotopic (exact) mass is 381 g/mol. The zero-order valence-corrected chi connectivity index (χ0v) is 16.5. The van der Waals surface area contributed by atoms with Gasteiger partial charge < -0.3 is 14.4 Å². The molecule has 0 N–H and O–H groups in total. The van der Waals surface area contributed by atoms with E-state index in [-0.39, 0.29) is 11.3 Å². The lowest BCUT2D eigenvalue weighted by Gasteiger charge is -2.48. The molecule has 2 aromatic rings. The first-order chi connectivity index (χ1) is 13.6. The summed E-state index contributed by atoms with van der Waals surface area (Å²) < 4.78 is 11.1. The minimum atomic E-state index is 0.204. The quantitative estimate of drug-likeness (QED) is 0.768. The second kappa shape index (κ2) is 7.80. The highest BCUT2D eigenvalue weighted by Crippen LogP contribution is 2.42. The molecule has 0 aliphatic carbocycles. The Morgan fingerprint density at radius 1 is 1.11 bits per heavy atom. The largest absolute Gasteiger partial charge is 0.497 e. The summed E-state index contributed by atoms with van der Waals surface area (Å²) in [5.41, 5.74) is 1.25. The number of hydrogen-bond acceptors (Lipinski definition) is 5. The van der Waals surface area contributed by atoms with Gasteiger partial charge in [-0.15, -0.1) is 0 Å². The molecule has 2 aliphatic rings. The topological polar surface area (TPSA) is 54.9 Å². The molecule has 1 aromatic carbocycles. The fraction of sp³-hybridized carbons (Fsp3) is 0.455. The van der Waals surface area contributed by atoms with E-state index in [0.29, 0.717) is 19.1 Å². The number of carbonyl (C=O) groups excluding carboxylic acids is 1. The number of likely N-dealkylation sites (tertiary alicyclic amines) is 2. The molecule has 1 aromatic heterocycles. The lowest BCUT2D eigenvalue weighted by Crippen LogP contribution is -2.59. The predicted molar refractivity (Wildman–Crippen MR) is 106 cm³/mol. The van der Waals surface area contributed by atoms with Gasteiger partial charge in [-0.2, -0.15) is 0 Å². The smallest absolute Gasteiger partial charge is 0.227 e. The summed E-state index contributed by atoms with van der Waals surface area (Å²) in [5, 5.41) is 0. The molecule has 4 rings (SSSR count). The summed E-state index contributed by atoms with van der Waals surface area (Å²) in [4.78, 5) is 21.0. The van der Waals surface area contributed by atoms with Crippen LogP contribution >= 0.6 is 0 Å². The number of carbonyl (C=O) groups is 1. The zero-order valence-electron chi connectivity index (χ0n) is 16.5. The number of hydrogen-bond donors (Lipinski definition) is 0. The molecule has 1 spiro atoms. The van der Waals surface area contributed by atoms with Crippen molar-refractivity contribution in [2.45, 2.75) is 18.9 Å². The Morgan fingerprint density at radius 2 is 1.82 bits per heavy atom. The van der Waals surface area contributed by atoms with E-state index in [1.807, 2.05) is 41.3 Å². The summed E-state index contributed by atoms with van der Waals surface area (Å²) in [7, 11) is 3.80. The number of likely N-dealkylation sites (N-methyl/N-ethyl adjacent to an activating group) is 1. The van der Waals surface area contributed by atoms with E-state index < -0.39 is 0 Å². The molecule has 0 bridgehead atoms. The van der Waals surface area contributed by atoms with E-state index in [4.69, 9.17) is 9.47 Å². The summed E-state index contributed by atoms with van der Waals surface area (Å²) in [6.45, 7) is 3.38. The Bertz CT molecular complexity index is 804. The van der Waals surface area contributed by atoms with Crippen LogP contribution in [0.2, 0.25) is 0 Å². The van der Waals surface area contributed by atoms with E-state index in [0.717, 1.165) is 43.1 Å². The first kappa shape index (κ1) is 18.7. The predicted octanol–water partition coefficient (Wildman–Crippen LogP) is 2.24. The van der Waals surface area contributed by atoms with Gasteiger partial charge in [0.15, 0.2) is 0 Å². The maximum Gasteiger partial charge on any atom is 0.227 e. The number of ether oxygens (including phenoxy) is 2. The van der Waals surface area contributed by atoms with Crippen LogP contribution < -0.4 is 9.47 Å². The summed E-state index contributed by atoms with van der Waals surface area (Å²) in [6.07, 6.45) is 5.01. The standard InChI is InChI=1S/C22H27N3O3/c1-24-14-22(12-18(24)13-28-20-7-9-23-10-8-20)15-25(16-22)21(26)11-17-3-5-19(27-2)6-4-17/h3-10,18H,11-16H2,1-2H3. The molecule has 0 radical (unpaired) electrons. The van der Waals surface area contributed by atoms with Gasteiger partial charge in [0.2, 0.25) is 5.91 Å². The van der Waals surface area contributed by atoms with Crippen molar-refractivity contribution in [2.24, 2.45) is 5.41 Å². The number of aromatic nitrogens is 1. The van der Waals surface area contributed by atoms with Crippen LogP contribution in [0.25, 0.3) is 0 Å². The lowest BCUT2D eigenvalue weighted by atomic mass is 9.77. The van der Waals surface area contributed by atoms with E-state index in [1.165, 1.54) is 0 Å². The molecule has 3 heterocycles. The van der Waals surface area contributed by atoms with Gasteiger partial charge in [-0.05, 0) is 43.3 Å². The Labute approximate surface area is 166 Å². The molecular weight excluding hydrogens is 354 g/mol. The van der Waals surface area contributed by atoms with Gasteiger partial charge >= 0.3 is 0 Å². The van der Waals surface area contributed by atoms with Gasteiger partial charge in [0, 0.05) is 43.5 Å². The van der Waals surface area contributed by atoms with Crippen molar-refractivity contribution >= 4 is 5.91 Å². The molecule has 1 unspecified atom stereocenters. The summed E-state index contributed by atoms with van der Waals surface area (Å²) in [5.74, 6) is 1.87. The van der Waals surface area contributed by atoms with Gasteiger partial charge in [-0.1, -0.05) is 12.1 Å². The van der Waals surface area contributed by atoms with E-state index in [9.17, 15) is 4.79 Å². The maximum atomic E-state index is 12.6. The van der Waals surface area contributed by atoms with Gasteiger partial charge in [-0.3, -0.25) is 14.7 Å². The van der Waals surface area contributed by atoms with E-state index in [2.05, 4.69) is 16.9 Å². The van der Waals surface area contributed by atoms with Crippen LogP contribution in [-0.2, 0) is 11.2 Å². The van der Waals surface area contributed by atoms with Gasteiger partial charge in [0.1, 0.15) is 18.1 Å². The fourth-order valence-electron chi connectivity index (χ4n) is 4.39. The van der Waals surface area contributed by atoms with Crippen LogP contribution in [0.4, 0.5) is 0 Å². The molecule has 28 heavy (non-hydrogen) atoms. The van der Waals surface area contributed by atoms with Crippen LogP contribution in [0.3, 0.4) is 0 Å². The molecule has 6 nitrogen and oxygen atoms in total. The highest BCUT2D eigenvalue weighted by molar-refractivity contribution is 5.79. The third kappa shape index (κ3) is 3.97. The Morgan fingerprint density at radius 3 is 2.50 bits per heavy atom. The van der Waals surface area contributed by atoms with Gasteiger partial charge in [0.25, 0.3) is 0 Å². The molecule has 148 valence electrons. The van der Waals surface area contributed by atoms with Crippen LogP contribution in [0, 0.1) is 5.41 Å². The highest BCUT2D eigenvalue weighted by atomic mass is 16.5. The Hall–Kier alpha value is -2.60. The average Bonchev–Trinajstić information content (AvgIpc) is 3.03. The third-order valence-electron chi connectivity index (χ3n) is 5.89. The summed E-state index contributed by atoms with van der Waals surface area (Å²) >= 11 is 0. The van der Waals surface area contributed by atoms with Crippen molar-refractivity contribution in [2.75, 3.05) is 40.4 Å². The zero-order chi connectivity index (χ0) is 19.6. The molecule has 0 saturated carbocycles. The second-order valence-corrected chi connectivity index (χ2v) is 8.04. The molecule has 2 fully saturated rings. The number of nitrogens with zero attached hydrogens (tertiary/aromatic N) is 3. The molecule has 2 aliphatic heterocycles. The number of pyridine rings is 1. The number of rotatable bonds is 6. The molecule has 6 heteroatoms. The van der Waals surface area contributed by atoms with Crippen molar-refractivity contribution in [1.82, 2.24) is 14.8 Å². The molecular formula is C22H27N3O3. The average molecular weight is 381 g/mol. The first-order valence-corrected chi connectivity index (χ1v) is 9.71. The van der Waals surface area contributed by atoms with Crippen molar-refractivity contribution < 1.29 is 14.3 Å². The van der Waals surface area contributed by atoms with Crippen LogP contribution in [0.15, 0.2) is 48.8 Å². The minimum absolute atomic E-state index is 0.204. The second-order valence-electron chi connectivity index (χ2n) is 8.04.